The zero-order chi connectivity index (χ0) is 32.2. The number of aliphatic hydroxyl groups is 1. The number of aryl methyl sites for hydroxylation is 2. The second-order valence-electron chi connectivity index (χ2n) is 11.4. The fourth-order valence-electron chi connectivity index (χ4n) is 5.18. The molecule has 46 heavy (non-hydrogen) atoms. The molecule has 0 spiro atoms. The summed E-state index contributed by atoms with van der Waals surface area (Å²) in [6, 6.07) is 20.2. The normalized spacial score (nSPS) is 11.5. The molecule has 4 rings (SSSR count). The number of thiophene rings is 3. The molecule has 252 valence electrons. The van der Waals surface area contributed by atoms with Gasteiger partial charge in [-0.1, -0.05) is 52.4 Å². The summed E-state index contributed by atoms with van der Waals surface area (Å²) in [6.07, 6.45) is 12.8. The largest absolute Gasteiger partial charge is 0.491 e. The number of unbranched alkanes of at least 4 members (excludes halogenated alkanes) is 6. The first-order valence-corrected chi connectivity index (χ1v) is 19.6. The van der Waals surface area contributed by atoms with Crippen molar-refractivity contribution in [3.05, 3.63) is 64.4 Å². The summed E-state index contributed by atoms with van der Waals surface area (Å²) < 4.78 is 22.2. The Balaban J connectivity index is 1.37. The van der Waals surface area contributed by atoms with E-state index in [2.05, 4.69) is 68.4 Å². The number of ether oxygens (including phenoxy) is 4. The standard InChI is InChI=1S/C38H52O5S3/c1-3-5-7-9-11-32-17-19-35(44-32)34-29-37(46-38(34)36-20-18-33(45-36)12-10-8-6-4-2)30-13-15-31(16-14-30)43-28-27-42-26-25-41-24-23-40-22-21-39/h13-20,29,39H,3-12,21-28H2,1-2H3. The van der Waals surface area contributed by atoms with Gasteiger partial charge in [-0.2, -0.15) is 0 Å². The van der Waals surface area contributed by atoms with E-state index in [0.29, 0.717) is 46.2 Å². The molecule has 3 aromatic heterocycles. The van der Waals surface area contributed by atoms with E-state index in [1.54, 1.807) is 0 Å². The number of benzene rings is 1. The molecule has 1 N–H and O–H groups in total. The zero-order valence-electron chi connectivity index (χ0n) is 27.7. The highest BCUT2D eigenvalue weighted by molar-refractivity contribution is 7.25. The molecule has 0 atom stereocenters. The monoisotopic (exact) mass is 684 g/mol. The maximum Gasteiger partial charge on any atom is 0.119 e. The Kier molecular flexibility index (Phi) is 17.4. The van der Waals surface area contributed by atoms with Crippen molar-refractivity contribution in [2.75, 3.05) is 52.9 Å². The van der Waals surface area contributed by atoms with Gasteiger partial charge in [-0.3, -0.25) is 0 Å². The van der Waals surface area contributed by atoms with Crippen LogP contribution in [0.1, 0.15) is 75.0 Å². The van der Waals surface area contributed by atoms with Crippen LogP contribution in [0, 0.1) is 0 Å². The van der Waals surface area contributed by atoms with Gasteiger partial charge in [0.25, 0.3) is 0 Å². The van der Waals surface area contributed by atoms with E-state index < -0.39 is 0 Å². The lowest BCUT2D eigenvalue weighted by atomic mass is 10.1. The Hall–Kier alpha value is -2.04. The van der Waals surface area contributed by atoms with Gasteiger partial charge in [0, 0.05) is 29.9 Å². The summed E-state index contributed by atoms with van der Waals surface area (Å²) in [4.78, 5) is 8.43. The van der Waals surface area contributed by atoms with Crippen molar-refractivity contribution in [3.8, 4) is 36.4 Å². The van der Waals surface area contributed by atoms with Gasteiger partial charge < -0.3 is 24.1 Å². The molecular weight excluding hydrogens is 633 g/mol. The minimum absolute atomic E-state index is 0.0347. The molecule has 0 saturated heterocycles. The molecule has 8 heteroatoms. The van der Waals surface area contributed by atoms with Crippen LogP contribution in [-0.2, 0) is 27.1 Å². The van der Waals surface area contributed by atoms with Gasteiger partial charge in [-0.25, -0.2) is 0 Å². The number of hydrogen-bond donors (Lipinski definition) is 1. The highest BCUT2D eigenvalue weighted by Crippen LogP contribution is 2.47. The fraction of sp³-hybridized carbons (Fsp3) is 0.526. The molecule has 0 aliphatic heterocycles. The van der Waals surface area contributed by atoms with Crippen molar-refractivity contribution >= 4 is 34.0 Å². The molecule has 0 aliphatic rings. The van der Waals surface area contributed by atoms with Crippen LogP contribution in [0.25, 0.3) is 30.6 Å². The lowest BCUT2D eigenvalue weighted by Crippen LogP contribution is -2.13. The van der Waals surface area contributed by atoms with E-state index in [0.717, 1.165) is 5.75 Å². The van der Waals surface area contributed by atoms with Crippen LogP contribution in [0.4, 0.5) is 0 Å². The summed E-state index contributed by atoms with van der Waals surface area (Å²) in [7, 11) is 0. The lowest BCUT2D eigenvalue weighted by Gasteiger charge is -2.08. The minimum atomic E-state index is 0.0347. The Labute approximate surface area is 288 Å². The van der Waals surface area contributed by atoms with E-state index >= 15 is 0 Å². The first kappa shape index (κ1) is 36.8. The summed E-state index contributed by atoms with van der Waals surface area (Å²) in [5, 5.41) is 8.69. The molecule has 0 fully saturated rings. The first-order chi connectivity index (χ1) is 22.7. The van der Waals surface area contributed by atoms with Crippen LogP contribution in [0.15, 0.2) is 54.6 Å². The molecule has 0 radical (unpaired) electrons. The van der Waals surface area contributed by atoms with Crippen molar-refractivity contribution in [1.29, 1.82) is 0 Å². The van der Waals surface area contributed by atoms with Crippen LogP contribution >= 0.6 is 34.0 Å². The van der Waals surface area contributed by atoms with Crippen molar-refractivity contribution < 1.29 is 24.1 Å². The Morgan fingerprint density at radius 3 is 1.72 bits per heavy atom. The third kappa shape index (κ3) is 12.5. The van der Waals surface area contributed by atoms with Crippen molar-refractivity contribution in [2.24, 2.45) is 0 Å². The van der Waals surface area contributed by atoms with Crippen molar-refractivity contribution in [2.45, 2.75) is 78.1 Å². The number of rotatable bonds is 25. The van der Waals surface area contributed by atoms with Gasteiger partial charge in [0.15, 0.2) is 0 Å². The Morgan fingerprint density at radius 1 is 0.543 bits per heavy atom. The minimum Gasteiger partial charge on any atom is -0.491 e. The molecule has 4 aromatic rings. The van der Waals surface area contributed by atoms with Crippen LogP contribution in [0.5, 0.6) is 5.75 Å². The molecule has 1 aromatic carbocycles. The van der Waals surface area contributed by atoms with Gasteiger partial charge >= 0.3 is 0 Å². The lowest BCUT2D eigenvalue weighted by molar-refractivity contribution is 0.00361. The SMILES string of the molecule is CCCCCCc1ccc(-c2cc(-c3ccc(OCCOCCOCCOCCO)cc3)sc2-c2ccc(CCCCCC)s2)s1. The molecule has 5 nitrogen and oxygen atoms in total. The van der Waals surface area contributed by atoms with Gasteiger partial charge in [-0.15, -0.1) is 34.0 Å². The predicted molar refractivity (Wildman–Crippen MR) is 197 cm³/mol. The van der Waals surface area contributed by atoms with Crippen molar-refractivity contribution in [3.63, 3.8) is 0 Å². The Morgan fingerprint density at radius 2 is 1.11 bits per heavy atom. The van der Waals surface area contributed by atoms with E-state index in [4.69, 9.17) is 24.1 Å². The van der Waals surface area contributed by atoms with Gasteiger partial charge in [0.2, 0.25) is 0 Å². The van der Waals surface area contributed by atoms with E-state index in [-0.39, 0.29) is 6.61 Å². The highest BCUT2D eigenvalue weighted by Gasteiger charge is 2.18. The van der Waals surface area contributed by atoms with E-state index in [1.165, 1.54) is 105 Å². The predicted octanol–water partition coefficient (Wildman–Crippen LogP) is 10.5. The van der Waals surface area contributed by atoms with Crippen LogP contribution in [0.3, 0.4) is 0 Å². The van der Waals surface area contributed by atoms with Gasteiger partial charge in [0.05, 0.1) is 51.1 Å². The van der Waals surface area contributed by atoms with Crippen LogP contribution in [-0.4, -0.2) is 58.0 Å². The summed E-state index contributed by atoms with van der Waals surface area (Å²) in [6.45, 7) is 7.94. The summed E-state index contributed by atoms with van der Waals surface area (Å²) in [5.74, 6) is 0.846. The topological polar surface area (TPSA) is 57.2 Å². The molecular formula is C38H52O5S3. The summed E-state index contributed by atoms with van der Waals surface area (Å²) in [5.41, 5.74) is 2.58. The molecule has 0 saturated carbocycles. The maximum absolute atomic E-state index is 8.69. The van der Waals surface area contributed by atoms with E-state index in [9.17, 15) is 0 Å². The number of hydrogen-bond acceptors (Lipinski definition) is 8. The summed E-state index contributed by atoms with van der Waals surface area (Å²) >= 11 is 5.85. The second-order valence-corrected chi connectivity index (χ2v) is 14.8. The molecule has 0 aliphatic carbocycles. The quantitative estimate of drug-likeness (QED) is 0.0704. The van der Waals surface area contributed by atoms with Crippen molar-refractivity contribution in [1.82, 2.24) is 0 Å². The first-order valence-electron chi connectivity index (χ1n) is 17.1. The highest BCUT2D eigenvalue weighted by atomic mass is 32.1. The number of aliphatic hydroxyl groups excluding tert-OH is 1. The zero-order valence-corrected chi connectivity index (χ0v) is 30.2. The molecule has 0 bridgehead atoms. The third-order valence-electron chi connectivity index (χ3n) is 7.71. The smallest absolute Gasteiger partial charge is 0.119 e. The Bertz CT molecular complexity index is 1290. The van der Waals surface area contributed by atoms with Gasteiger partial charge in [0.1, 0.15) is 12.4 Å². The fourth-order valence-corrected chi connectivity index (χ4v) is 8.67. The molecule has 0 unspecified atom stereocenters. The average Bonchev–Trinajstić information content (AvgIpc) is 3.84. The maximum atomic E-state index is 8.69. The van der Waals surface area contributed by atoms with Crippen LogP contribution in [0.2, 0.25) is 0 Å². The molecule has 3 heterocycles. The van der Waals surface area contributed by atoms with E-state index in [1.807, 2.05) is 34.0 Å². The molecule has 0 amide bonds. The second kappa shape index (κ2) is 21.8. The average molecular weight is 685 g/mol. The third-order valence-corrected chi connectivity index (χ3v) is 11.4. The van der Waals surface area contributed by atoms with Crippen LogP contribution < -0.4 is 4.74 Å². The van der Waals surface area contributed by atoms with Gasteiger partial charge in [-0.05, 0) is 85.8 Å².